The molecule has 0 N–H and O–H groups in total. The molecule has 6 heteroatoms. The molecule has 0 unspecified atom stereocenters. The molecule has 0 aliphatic carbocycles. The minimum absolute atomic E-state index is 0.0152. The molecule has 2 aromatic rings. The third kappa shape index (κ3) is 3.68. The summed E-state index contributed by atoms with van der Waals surface area (Å²) in [5.74, 6) is 1.47. The molecule has 0 bridgehead atoms. The molecule has 146 valence electrons. The summed E-state index contributed by atoms with van der Waals surface area (Å²) in [4.78, 5) is 17.4. The Morgan fingerprint density at radius 3 is 2.67 bits per heavy atom. The van der Waals surface area contributed by atoms with Gasteiger partial charge in [-0.1, -0.05) is 6.92 Å². The van der Waals surface area contributed by atoms with Crippen molar-refractivity contribution in [3.8, 4) is 0 Å². The van der Waals surface area contributed by atoms with Gasteiger partial charge >= 0.3 is 0 Å². The maximum absolute atomic E-state index is 13.0. The van der Waals surface area contributed by atoms with Crippen LogP contribution < -0.4 is 0 Å². The van der Waals surface area contributed by atoms with E-state index in [9.17, 15) is 4.79 Å². The van der Waals surface area contributed by atoms with Gasteiger partial charge in [-0.05, 0) is 58.3 Å². The van der Waals surface area contributed by atoms with Crippen molar-refractivity contribution < 1.29 is 9.21 Å². The number of likely N-dealkylation sites (tertiary alicyclic amines) is 2. The lowest BCUT2D eigenvalue weighted by Gasteiger charge is -2.16. The number of hydrogen-bond acceptors (Lipinski definition) is 4. The number of aromatic nitrogens is 2. The summed E-state index contributed by atoms with van der Waals surface area (Å²) in [6, 6.07) is 4.33. The molecular weight excluding hydrogens is 340 g/mol. The van der Waals surface area contributed by atoms with Gasteiger partial charge < -0.3 is 9.32 Å². The van der Waals surface area contributed by atoms with Crippen LogP contribution in [0.15, 0.2) is 16.5 Å². The molecule has 1 atom stereocenters. The van der Waals surface area contributed by atoms with Crippen LogP contribution in [0.3, 0.4) is 0 Å². The van der Waals surface area contributed by atoms with E-state index in [1.54, 1.807) is 0 Å². The fraction of sp³-hybridized carbons (Fsp3) is 0.619. The van der Waals surface area contributed by atoms with Gasteiger partial charge in [0, 0.05) is 37.3 Å². The van der Waals surface area contributed by atoms with Crippen molar-refractivity contribution in [3.63, 3.8) is 0 Å². The highest BCUT2D eigenvalue weighted by Gasteiger charge is 2.31. The highest BCUT2D eigenvalue weighted by molar-refractivity contribution is 5.92. The van der Waals surface area contributed by atoms with Crippen molar-refractivity contribution in [1.29, 1.82) is 0 Å². The normalized spacial score (nSPS) is 20.7. The average Bonchev–Trinajstić information content (AvgIpc) is 3.41. The summed E-state index contributed by atoms with van der Waals surface area (Å²) in [5, 5.41) is 4.60. The third-order valence-electron chi connectivity index (χ3n) is 5.86. The zero-order valence-electron chi connectivity index (χ0n) is 16.7. The second kappa shape index (κ2) is 7.50. The highest BCUT2D eigenvalue weighted by Crippen LogP contribution is 2.27. The van der Waals surface area contributed by atoms with Gasteiger partial charge in [0.25, 0.3) is 5.91 Å². The smallest absolute Gasteiger partial charge is 0.289 e. The van der Waals surface area contributed by atoms with E-state index in [2.05, 4.69) is 34.6 Å². The molecule has 2 aliphatic heterocycles. The fourth-order valence-corrected chi connectivity index (χ4v) is 4.48. The lowest BCUT2D eigenvalue weighted by atomic mass is 10.2. The molecule has 1 amide bonds. The van der Waals surface area contributed by atoms with Crippen molar-refractivity contribution in [2.45, 2.75) is 59.0 Å². The number of furan rings is 1. The first-order valence-corrected chi connectivity index (χ1v) is 10.2. The first kappa shape index (κ1) is 18.3. The zero-order valence-corrected chi connectivity index (χ0v) is 16.7. The number of aryl methyl sites for hydroxylation is 3. The van der Waals surface area contributed by atoms with Gasteiger partial charge in [-0.2, -0.15) is 5.10 Å². The molecule has 4 rings (SSSR count). The SMILES string of the molecule is CCc1oc(C(=O)N2CC[C@H](n3nc(C)cc3C)C2)cc1CN1CCCC1. The van der Waals surface area contributed by atoms with Gasteiger partial charge in [0.2, 0.25) is 0 Å². The lowest BCUT2D eigenvalue weighted by Crippen LogP contribution is -2.29. The topological polar surface area (TPSA) is 54.5 Å². The van der Waals surface area contributed by atoms with E-state index in [1.807, 2.05) is 17.9 Å². The summed E-state index contributed by atoms with van der Waals surface area (Å²) < 4.78 is 8.05. The van der Waals surface area contributed by atoms with Gasteiger partial charge in [-0.3, -0.25) is 14.4 Å². The number of carbonyl (C=O) groups is 1. The van der Waals surface area contributed by atoms with E-state index in [-0.39, 0.29) is 11.9 Å². The molecule has 0 spiro atoms. The molecule has 0 radical (unpaired) electrons. The van der Waals surface area contributed by atoms with Crippen molar-refractivity contribution in [2.24, 2.45) is 0 Å². The fourth-order valence-electron chi connectivity index (χ4n) is 4.48. The molecule has 4 heterocycles. The van der Waals surface area contributed by atoms with Crippen molar-refractivity contribution >= 4 is 5.91 Å². The summed E-state index contributed by atoms with van der Waals surface area (Å²) in [5.41, 5.74) is 3.37. The van der Waals surface area contributed by atoms with Crippen LogP contribution >= 0.6 is 0 Å². The Balaban J connectivity index is 1.46. The molecule has 0 aromatic carbocycles. The molecule has 2 fully saturated rings. The Labute approximate surface area is 161 Å². The van der Waals surface area contributed by atoms with E-state index in [4.69, 9.17) is 4.42 Å². The second-order valence-electron chi connectivity index (χ2n) is 7.96. The molecular formula is C21H30N4O2. The van der Waals surface area contributed by atoms with E-state index < -0.39 is 0 Å². The lowest BCUT2D eigenvalue weighted by molar-refractivity contribution is 0.0753. The van der Waals surface area contributed by atoms with Crippen LogP contribution in [0.1, 0.15) is 65.5 Å². The van der Waals surface area contributed by atoms with Crippen molar-refractivity contribution in [2.75, 3.05) is 26.2 Å². The van der Waals surface area contributed by atoms with Crippen LogP contribution in [0.4, 0.5) is 0 Å². The first-order chi connectivity index (χ1) is 13.0. The molecule has 2 aromatic heterocycles. The number of hydrogen-bond donors (Lipinski definition) is 0. The second-order valence-corrected chi connectivity index (χ2v) is 7.96. The largest absolute Gasteiger partial charge is 0.456 e. The number of amides is 1. The van der Waals surface area contributed by atoms with Crippen LogP contribution in [0.25, 0.3) is 0 Å². The van der Waals surface area contributed by atoms with Crippen LogP contribution in [0, 0.1) is 13.8 Å². The Hall–Kier alpha value is -2.08. The van der Waals surface area contributed by atoms with Crippen LogP contribution in [0.5, 0.6) is 0 Å². The Kier molecular flexibility index (Phi) is 5.08. The number of rotatable bonds is 5. The Morgan fingerprint density at radius 2 is 2.00 bits per heavy atom. The van der Waals surface area contributed by atoms with Gasteiger partial charge in [0.15, 0.2) is 5.76 Å². The maximum Gasteiger partial charge on any atom is 0.289 e. The monoisotopic (exact) mass is 370 g/mol. The minimum Gasteiger partial charge on any atom is -0.456 e. The van der Waals surface area contributed by atoms with Crippen LogP contribution in [-0.4, -0.2) is 51.7 Å². The van der Waals surface area contributed by atoms with Crippen LogP contribution in [-0.2, 0) is 13.0 Å². The predicted molar refractivity (Wildman–Crippen MR) is 104 cm³/mol. The predicted octanol–water partition coefficient (Wildman–Crippen LogP) is 3.34. The summed E-state index contributed by atoms with van der Waals surface area (Å²) in [6.07, 6.45) is 4.31. The van der Waals surface area contributed by atoms with Gasteiger partial charge in [0.1, 0.15) is 5.76 Å². The molecule has 6 nitrogen and oxygen atoms in total. The van der Waals surface area contributed by atoms with Gasteiger partial charge in [-0.15, -0.1) is 0 Å². The highest BCUT2D eigenvalue weighted by atomic mass is 16.4. The zero-order chi connectivity index (χ0) is 19.0. The average molecular weight is 370 g/mol. The Bertz CT molecular complexity index is 816. The molecule has 0 saturated carbocycles. The molecule has 2 saturated heterocycles. The van der Waals surface area contributed by atoms with Crippen LogP contribution in [0.2, 0.25) is 0 Å². The van der Waals surface area contributed by atoms with E-state index >= 15 is 0 Å². The summed E-state index contributed by atoms with van der Waals surface area (Å²) in [7, 11) is 0. The summed E-state index contributed by atoms with van der Waals surface area (Å²) in [6.45, 7) is 10.8. The molecule has 27 heavy (non-hydrogen) atoms. The Morgan fingerprint density at radius 1 is 1.22 bits per heavy atom. The van der Waals surface area contributed by atoms with Gasteiger partial charge in [0.05, 0.1) is 11.7 Å². The van der Waals surface area contributed by atoms with E-state index in [0.29, 0.717) is 12.3 Å². The minimum atomic E-state index is 0.0152. The first-order valence-electron chi connectivity index (χ1n) is 10.2. The number of nitrogens with zero attached hydrogens (tertiary/aromatic N) is 4. The third-order valence-corrected chi connectivity index (χ3v) is 5.86. The van der Waals surface area contributed by atoms with E-state index in [1.165, 1.54) is 18.4 Å². The van der Waals surface area contributed by atoms with Gasteiger partial charge in [-0.25, -0.2) is 0 Å². The van der Waals surface area contributed by atoms with E-state index in [0.717, 1.165) is 56.2 Å². The maximum atomic E-state index is 13.0. The molecule has 2 aliphatic rings. The van der Waals surface area contributed by atoms with Crippen molar-refractivity contribution in [3.05, 3.63) is 40.6 Å². The summed E-state index contributed by atoms with van der Waals surface area (Å²) >= 11 is 0. The number of carbonyl (C=O) groups excluding carboxylic acids is 1. The standard InChI is InChI=1S/C21H30N4O2/c1-4-19-17(13-23-8-5-6-9-23)12-20(27-19)21(26)24-10-7-18(14-24)25-16(3)11-15(2)22-25/h11-12,18H,4-10,13-14H2,1-3H3/t18-/m0/s1. The van der Waals surface area contributed by atoms with Crippen molar-refractivity contribution in [1.82, 2.24) is 19.6 Å². The quantitative estimate of drug-likeness (QED) is 0.810.